The van der Waals surface area contributed by atoms with E-state index in [1.807, 2.05) is 32.2 Å². The van der Waals surface area contributed by atoms with E-state index in [2.05, 4.69) is 20.6 Å². The Kier molecular flexibility index (Phi) is 4.68. The van der Waals surface area contributed by atoms with Gasteiger partial charge in [0.25, 0.3) is 0 Å². The van der Waals surface area contributed by atoms with E-state index in [0.717, 1.165) is 22.6 Å². The van der Waals surface area contributed by atoms with Gasteiger partial charge >= 0.3 is 0 Å². The third-order valence-corrected chi connectivity index (χ3v) is 3.82. The van der Waals surface area contributed by atoms with E-state index in [1.165, 1.54) is 0 Å². The molecule has 1 aromatic heterocycles. The molecule has 20 heavy (non-hydrogen) atoms. The Morgan fingerprint density at radius 3 is 2.25 bits per heavy atom. The smallest absolute Gasteiger partial charge is 0.224 e. The predicted molar refractivity (Wildman–Crippen MR) is 85.1 cm³/mol. The van der Waals surface area contributed by atoms with Crippen LogP contribution in [0.3, 0.4) is 0 Å². The molecule has 0 spiro atoms. The van der Waals surface area contributed by atoms with Crippen LogP contribution in [0.5, 0.6) is 0 Å². The molecule has 2 rings (SSSR count). The summed E-state index contributed by atoms with van der Waals surface area (Å²) >= 11 is 12.4. The van der Waals surface area contributed by atoms with E-state index in [9.17, 15) is 0 Å². The maximum absolute atomic E-state index is 6.22. The van der Waals surface area contributed by atoms with E-state index in [-0.39, 0.29) is 0 Å². The highest BCUT2D eigenvalue weighted by atomic mass is 35.5. The number of hydrogen-bond acceptors (Lipinski definition) is 4. The quantitative estimate of drug-likeness (QED) is 0.902. The molecule has 0 amide bonds. The standard InChI is InChI=1S/C14H16Cl2N4/c1-8-12(19-14(18-3)20-13(8)17-2)7-9-10(15)5-4-6-11(9)16/h4-6H,7H2,1-3H3,(H2,17,18,19,20). The second-order valence-electron chi connectivity index (χ2n) is 4.34. The summed E-state index contributed by atoms with van der Waals surface area (Å²) in [5.41, 5.74) is 2.76. The van der Waals surface area contributed by atoms with Crippen LogP contribution >= 0.6 is 23.2 Å². The monoisotopic (exact) mass is 310 g/mol. The first-order valence-corrected chi connectivity index (χ1v) is 6.98. The number of benzene rings is 1. The summed E-state index contributed by atoms with van der Waals surface area (Å²) in [5, 5.41) is 7.32. The van der Waals surface area contributed by atoms with E-state index < -0.39 is 0 Å². The molecule has 4 nitrogen and oxygen atoms in total. The van der Waals surface area contributed by atoms with Crippen LogP contribution in [0.4, 0.5) is 11.8 Å². The van der Waals surface area contributed by atoms with Gasteiger partial charge in [0.2, 0.25) is 5.95 Å². The summed E-state index contributed by atoms with van der Waals surface area (Å²) in [4.78, 5) is 8.85. The number of nitrogens with one attached hydrogen (secondary N) is 2. The van der Waals surface area contributed by atoms with Gasteiger partial charge in [0.05, 0.1) is 5.69 Å². The fourth-order valence-electron chi connectivity index (χ4n) is 1.96. The molecule has 106 valence electrons. The molecule has 0 fully saturated rings. The van der Waals surface area contributed by atoms with Gasteiger partial charge in [-0.15, -0.1) is 0 Å². The number of hydrogen-bond donors (Lipinski definition) is 2. The van der Waals surface area contributed by atoms with E-state index in [4.69, 9.17) is 23.2 Å². The molecule has 2 aromatic rings. The van der Waals surface area contributed by atoms with Crippen molar-refractivity contribution in [1.82, 2.24) is 9.97 Å². The number of aromatic nitrogens is 2. The Morgan fingerprint density at radius 2 is 1.70 bits per heavy atom. The fraction of sp³-hybridized carbons (Fsp3) is 0.286. The molecule has 0 saturated heterocycles. The van der Waals surface area contributed by atoms with E-state index in [1.54, 1.807) is 7.05 Å². The second-order valence-corrected chi connectivity index (χ2v) is 5.16. The number of nitrogens with zero attached hydrogens (tertiary/aromatic N) is 2. The minimum atomic E-state index is 0.566. The fourth-order valence-corrected chi connectivity index (χ4v) is 2.49. The van der Waals surface area contributed by atoms with E-state index >= 15 is 0 Å². The summed E-state index contributed by atoms with van der Waals surface area (Å²) in [6.45, 7) is 1.98. The van der Waals surface area contributed by atoms with Crippen LogP contribution in [0.15, 0.2) is 18.2 Å². The van der Waals surface area contributed by atoms with Crippen LogP contribution in [0.2, 0.25) is 10.0 Å². The molecule has 0 aliphatic carbocycles. The summed E-state index contributed by atoms with van der Waals surface area (Å²) in [7, 11) is 3.62. The first-order chi connectivity index (χ1) is 9.56. The third kappa shape index (κ3) is 2.97. The number of anilines is 2. The van der Waals surface area contributed by atoms with Gasteiger partial charge in [0.1, 0.15) is 5.82 Å². The summed E-state index contributed by atoms with van der Waals surface area (Å²) < 4.78 is 0. The van der Waals surface area contributed by atoms with Gasteiger partial charge in [-0.1, -0.05) is 29.3 Å². The van der Waals surface area contributed by atoms with Gasteiger partial charge < -0.3 is 10.6 Å². The van der Waals surface area contributed by atoms with Crippen molar-refractivity contribution in [3.05, 3.63) is 45.1 Å². The van der Waals surface area contributed by atoms with E-state index in [0.29, 0.717) is 22.4 Å². The molecular weight excluding hydrogens is 295 g/mol. The Hall–Kier alpha value is -1.52. The molecule has 2 N–H and O–H groups in total. The van der Waals surface area contributed by atoms with Crippen molar-refractivity contribution >= 4 is 35.0 Å². The number of rotatable bonds is 4. The highest BCUT2D eigenvalue weighted by Crippen LogP contribution is 2.28. The van der Waals surface area contributed by atoms with Crippen molar-refractivity contribution in [3.63, 3.8) is 0 Å². The lowest BCUT2D eigenvalue weighted by molar-refractivity contribution is 0.998. The van der Waals surface area contributed by atoms with Crippen LogP contribution < -0.4 is 10.6 Å². The maximum Gasteiger partial charge on any atom is 0.224 e. The molecule has 1 aromatic carbocycles. The average molecular weight is 311 g/mol. The zero-order valence-corrected chi connectivity index (χ0v) is 13.1. The highest BCUT2D eigenvalue weighted by Gasteiger charge is 2.13. The normalized spacial score (nSPS) is 10.4. The Balaban J connectivity index is 2.48. The summed E-state index contributed by atoms with van der Waals surface area (Å²) in [6.07, 6.45) is 0.566. The second kappa shape index (κ2) is 6.29. The Labute approximate surface area is 128 Å². The van der Waals surface area contributed by atoms with Crippen molar-refractivity contribution in [2.24, 2.45) is 0 Å². The number of halogens is 2. The molecule has 6 heteroatoms. The van der Waals surface area contributed by atoms with Crippen LogP contribution in [0.1, 0.15) is 16.8 Å². The van der Waals surface area contributed by atoms with Gasteiger partial charge in [-0.05, 0) is 24.6 Å². The Morgan fingerprint density at radius 1 is 1.05 bits per heavy atom. The molecular formula is C14H16Cl2N4. The Bertz CT molecular complexity index is 609. The molecule has 0 atom stereocenters. The maximum atomic E-state index is 6.22. The molecule has 1 heterocycles. The summed E-state index contributed by atoms with van der Waals surface area (Å²) in [5.74, 6) is 1.36. The largest absolute Gasteiger partial charge is 0.373 e. The lowest BCUT2D eigenvalue weighted by Gasteiger charge is -2.13. The van der Waals surface area contributed by atoms with Crippen molar-refractivity contribution in [3.8, 4) is 0 Å². The van der Waals surface area contributed by atoms with Gasteiger partial charge in [-0.3, -0.25) is 0 Å². The van der Waals surface area contributed by atoms with Gasteiger partial charge in [0, 0.05) is 36.1 Å². The minimum absolute atomic E-state index is 0.566. The molecule has 0 saturated carbocycles. The van der Waals surface area contributed by atoms with Gasteiger partial charge in [0.15, 0.2) is 0 Å². The zero-order chi connectivity index (χ0) is 14.7. The van der Waals surface area contributed by atoms with Gasteiger partial charge in [-0.25, -0.2) is 4.98 Å². The molecule has 0 radical (unpaired) electrons. The first-order valence-electron chi connectivity index (χ1n) is 6.22. The SMILES string of the molecule is CNc1nc(Cc2c(Cl)cccc2Cl)c(C)c(NC)n1. The summed E-state index contributed by atoms with van der Waals surface area (Å²) in [6, 6.07) is 5.49. The zero-order valence-electron chi connectivity index (χ0n) is 11.6. The van der Waals surface area contributed by atoms with Crippen LogP contribution in [-0.2, 0) is 6.42 Å². The molecule has 0 unspecified atom stereocenters. The lowest BCUT2D eigenvalue weighted by Crippen LogP contribution is -2.08. The van der Waals surface area contributed by atoms with Crippen LogP contribution in [-0.4, -0.2) is 24.1 Å². The van der Waals surface area contributed by atoms with Crippen molar-refractivity contribution < 1.29 is 0 Å². The van der Waals surface area contributed by atoms with Gasteiger partial charge in [-0.2, -0.15) is 4.98 Å². The van der Waals surface area contributed by atoms with Crippen molar-refractivity contribution in [2.75, 3.05) is 24.7 Å². The lowest BCUT2D eigenvalue weighted by atomic mass is 10.1. The first kappa shape index (κ1) is 14.9. The third-order valence-electron chi connectivity index (χ3n) is 3.11. The molecule has 0 bridgehead atoms. The van der Waals surface area contributed by atoms with Crippen molar-refractivity contribution in [1.29, 1.82) is 0 Å². The molecule has 0 aliphatic rings. The minimum Gasteiger partial charge on any atom is -0.373 e. The predicted octanol–water partition coefficient (Wildman–Crippen LogP) is 3.77. The molecule has 0 aliphatic heterocycles. The van der Waals surface area contributed by atoms with Crippen LogP contribution in [0, 0.1) is 6.92 Å². The topological polar surface area (TPSA) is 49.8 Å². The highest BCUT2D eigenvalue weighted by molar-refractivity contribution is 6.36. The van der Waals surface area contributed by atoms with Crippen LogP contribution in [0.25, 0.3) is 0 Å². The average Bonchev–Trinajstić information content (AvgIpc) is 2.44. The van der Waals surface area contributed by atoms with Crippen molar-refractivity contribution in [2.45, 2.75) is 13.3 Å².